The first-order valence-electron chi connectivity index (χ1n) is 5.16. The number of nitrogens with two attached hydrogens (primary N) is 1. The molecule has 0 aliphatic carbocycles. The average Bonchev–Trinajstić information content (AvgIpc) is 2.68. The first kappa shape index (κ1) is 10.8. The van der Waals surface area contributed by atoms with Crippen LogP contribution < -0.4 is 5.73 Å². The molecule has 0 fully saturated rings. The van der Waals surface area contributed by atoms with Crippen LogP contribution in [0.4, 0.5) is 4.39 Å². The van der Waals surface area contributed by atoms with Crippen molar-refractivity contribution in [2.75, 3.05) is 0 Å². The summed E-state index contributed by atoms with van der Waals surface area (Å²) in [5.41, 5.74) is 7.68. The molecule has 0 aliphatic heterocycles. The smallest absolute Gasteiger partial charge is 0.123 e. The van der Waals surface area contributed by atoms with Gasteiger partial charge in [-0.3, -0.25) is 0 Å². The van der Waals surface area contributed by atoms with Crippen LogP contribution in [0.15, 0.2) is 30.6 Å². The Kier molecular flexibility index (Phi) is 3.01. The number of halogens is 1. The van der Waals surface area contributed by atoms with Gasteiger partial charge in [-0.05, 0) is 30.2 Å². The lowest BCUT2D eigenvalue weighted by molar-refractivity contribution is 0.615. The number of benzene rings is 1. The van der Waals surface area contributed by atoms with E-state index in [4.69, 9.17) is 5.73 Å². The van der Waals surface area contributed by atoms with Crippen LogP contribution in [0.25, 0.3) is 0 Å². The second kappa shape index (κ2) is 4.45. The maximum Gasteiger partial charge on any atom is 0.123 e. The lowest BCUT2D eigenvalue weighted by Gasteiger charge is -2.11. The summed E-state index contributed by atoms with van der Waals surface area (Å²) in [6, 6.07) is 4.63. The largest absolute Gasteiger partial charge is 0.349 e. The minimum Gasteiger partial charge on any atom is -0.349 e. The molecule has 0 saturated carbocycles. The van der Waals surface area contributed by atoms with Crippen LogP contribution in [0.5, 0.6) is 0 Å². The third-order valence-corrected chi connectivity index (χ3v) is 2.46. The van der Waals surface area contributed by atoms with Crippen molar-refractivity contribution in [3.05, 3.63) is 53.4 Å². The van der Waals surface area contributed by atoms with Crippen LogP contribution in [0.3, 0.4) is 0 Å². The number of H-pyrrole nitrogens is 1. The van der Waals surface area contributed by atoms with E-state index in [0.717, 1.165) is 17.0 Å². The molecule has 2 rings (SSSR count). The molecule has 0 bridgehead atoms. The second-order valence-electron chi connectivity index (χ2n) is 3.91. The van der Waals surface area contributed by atoms with E-state index in [2.05, 4.69) is 9.97 Å². The summed E-state index contributed by atoms with van der Waals surface area (Å²) < 4.78 is 13.2. The van der Waals surface area contributed by atoms with Gasteiger partial charge in [-0.2, -0.15) is 0 Å². The number of hydrogen-bond acceptors (Lipinski definition) is 2. The fraction of sp³-hybridized carbons (Fsp3) is 0.250. The van der Waals surface area contributed by atoms with Crippen LogP contribution in [-0.4, -0.2) is 9.97 Å². The van der Waals surface area contributed by atoms with E-state index < -0.39 is 0 Å². The third kappa shape index (κ3) is 2.46. The molecule has 2 aromatic rings. The predicted molar refractivity (Wildman–Crippen MR) is 60.4 cm³/mol. The topological polar surface area (TPSA) is 54.7 Å². The molecule has 0 spiro atoms. The van der Waals surface area contributed by atoms with Gasteiger partial charge in [-0.15, -0.1) is 0 Å². The summed E-state index contributed by atoms with van der Waals surface area (Å²) in [4.78, 5) is 7.08. The number of aryl methyl sites for hydroxylation is 1. The van der Waals surface area contributed by atoms with Crippen LogP contribution >= 0.6 is 0 Å². The number of rotatable bonds is 3. The van der Waals surface area contributed by atoms with Crippen molar-refractivity contribution in [2.24, 2.45) is 5.73 Å². The van der Waals surface area contributed by atoms with E-state index in [1.54, 1.807) is 12.4 Å². The molecule has 0 aliphatic rings. The van der Waals surface area contributed by atoms with Crippen molar-refractivity contribution in [3.8, 4) is 0 Å². The normalized spacial score (nSPS) is 12.7. The van der Waals surface area contributed by atoms with Gasteiger partial charge in [0.25, 0.3) is 0 Å². The molecular weight excluding hydrogens is 205 g/mol. The zero-order valence-electron chi connectivity index (χ0n) is 9.07. The quantitative estimate of drug-likeness (QED) is 0.830. The zero-order chi connectivity index (χ0) is 11.5. The lowest BCUT2D eigenvalue weighted by atomic mass is 10.0. The number of nitrogens with zero attached hydrogens (tertiary/aromatic N) is 1. The Morgan fingerprint density at radius 1 is 1.44 bits per heavy atom. The summed E-state index contributed by atoms with van der Waals surface area (Å²) >= 11 is 0. The Morgan fingerprint density at radius 3 is 2.88 bits per heavy atom. The fourth-order valence-electron chi connectivity index (χ4n) is 1.71. The maximum absolute atomic E-state index is 13.2. The molecule has 16 heavy (non-hydrogen) atoms. The molecule has 3 N–H and O–H groups in total. The van der Waals surface area contributed by atoms with Gasteiger partial charge < -0.3 is 10.7 Å². The van der Waals surface area contributed by atoms with E-state index >= 15 is 0 Å². The van der Waals surface area contributed by atoms with E-state index in [-0.39, 0.29) is 11.9 Å². The highest BCUT2D eigenvalue weighted by Crippen LogP contribution is 2.17. The van der Waals surface area contributed by atoms with Gasteiger partial charge >= 0.3 is 0 Å². The Labute approximate surface area is 93.5 Å². The van der Waals surface area contributed by atoms with Crippen molar-refractivity contribution in [2.45, 2.75) is 19.4 Å². The van der Waals surface area contributed by atoms with Gasteiger partial charge in [-0.25, -0.2) is 9.37 Å². The molecule has 3 nitrogen and oxygen atoms in total. The minimum atomic E-state index is -0.245. The number of hydrogen-bond donors (Lipinski definition) is 2. The molecular formula is C12H14FN3. The van der Waals surface area contributed by atoms with E-state index in [1.807, 2.05) is 13.0 Å². The van der Waals surface area contributed by atoms with Gasteiger partial charge in [0.2, 0.25) is 0 Å². The summed E-state index contributed by atoms with van der Waals surface area (Å²) in [7, 11) is 0. The van der Waals surface area contributed by atoms with Crippen molar-refractivity contribution < 1.29 is 4.39 Å². The molecule has 1 atom stereocenters. The minimum absolute atomic E-state index is 0.236. The van der Waals surface area contributed by atoms with Crippen molar-refractivity contribution >= 4 is 0 Å². The summed E-state index contributed by atoms with van der Waals surface area (Å²) in [6.07, 6.45) is 4.01. The standard InChI is InChI=1S/C12H14FN3/c1-8-4-9(6-10(13)5-8)11(14)7-12-15-2-3-16-12/h2-6,11H,7,14H2,1H3,(H,15,16). The molecule has 1 aromatic carbocycles. The Hall–Kier alpha value is -1.68. The molecule has 1 aromatic heterocycles. The van der Waals surface area contributed by atoms with E-state index in [9.17, 15) is 4.39 Å². The molecule has 0 saturated heterocycles. The fourth-order valence-corrected chi connectivity index (χ4v) is 1.71. The van der Waals surface area contributed by atoms with Gasteiger partial charge in [0, 0.05) is 24.9 Å². The van der Waals surface area contributed by atoms with Crippen molar-refractivity contribution in [1.82, 2.24) is 9.97 Å². The summed E-state index contributed by atoms with van der Waals surface area (Å²) in [6.45, 7) is 1.85. The lowest BCUT2D eigenvalue weighted by Crippen LogP contribution is -2.14. The van der Waals surface area contributed by atoms with E-state index in [1.165, 1.54) is 12.1 Å². The van der Waals surface area contributed by atoms with Crippen LogP contribution in [-0.2, 0) is 6.42 Å². The highest BCUT2D eigenvalue weighted by atomic mass is 19.1. The molecule has 4 heteroatoms. The van der Waals surface area contributed by atoms with E-state index in [0.29, 0.717) is 6.42 Å². The SMILES string of the molecule is Cc1cc(F)cc(C(N)Cc2ncc[nH]2)c1. The Morgan fingerprint density at radius 2 is 2.25 bits per heavy atom. The van der Waals surface area contributed by atoms with Crippen LogP contribution in [0.1, 0.15) is 23.0 Å². The Bertz CT molecular complexity index is 445. The highest BCUT2D eigenvalue weighted by molar-refractivity contribution is 5.26. The van der Waals surface area contributed by atoms with Gasteiger partial charge in [0.15, 0.2) is 0 Å². The maximum atomic E-state index is 13.2. The third-order valence-electron chi connectivity index (χ3n) is 2.46. The number of imidazole rings is 1. The van der Waals surface area contributed by atoms with Crippen LogP contribution in [0, 0.1) is 12.7 Å². The average molecular weight is 219 g/mol. The zero-order valence-corrected chi connectivity index (χ0v) is 9.07. The Balaban J connectivity index is 2.17. The van der Waals surface area contributed by atoms with Gasteiger partial charge in [0.1, 0.15) is 11.6 Å². The number of aromatic nitrogens is 2. The monoisotopic (exact) mass is 219 g/mol. The van der Waals surface area contributed by atoms with Crippen molar-refractivity contribution in [1.29, 1.82) is 0 Å². The van der Waals surface area contributed by atoms with Gasteiger partial charge in [-0.1, -0.05) is 6.07 Å². The summed E-state index contributed by atoms with van der Waals surface area (Å²) in [5.74, 6) is 0.569. The van der Waals surface area contributed by atoms with Gasteiger partial charge in [0.05, 0.1) is 0 Å². The van der Waals surface area contributed by atoms with Crippen molar-refractivity contribution in [3.63, 3.8) is 0 Å². The molecule has 84 valence electrons. The first-order chi connectivity index (χ1) is 7.65. The molecule has 1 unspecified atom stereocenters. The van der Waals surface area contributed by atoms with Crippen LogP contribution in [0.2, 0.25) is 0 Å². The molecule has 0 amide bonds. The molecule has 1 heterocycles. The molecule has 0 radical (unpaired) electrons. The summed E-state index contributed by atoms with van der Waals surface area (Å²) in [5, 5.41) is 0. The predicted octanol–water partition coefficient (Wildman–Crippen LogP) is 2.10. The second-order valence-corrected chi connectivity index (χ2v) is 3.91. The highest BCUT2D eigenvalue weighted by Gasteiger charge is 2.10. The number of nitrogens with one attached hydrogen (secondary N) is 1. The number of aromatic amines is 1. The first-order valence-corrected chi connectivity index (χ1v) is 5.16.